The summed E-state index contributed by atoms with van der Waals surface area (Å²) in [4.78, 5) is 16.1. The van der Waals surface area contributed by atoms with Gasteiger partial charge < -0.3 is 21.1 Å². The summed E-state index contributed by atoms with van der Waals surface area (Å²) >= 11 is 0. The van der Waals surface area contributed by atoms with Crippen LogP contribution in [-0.2, 0) is 4.79 Å². The van der Waals surface area contributed by atoms with Gasteiger partial charge in [0.2, 0.25) is 6.41 Å². The lowest BCUT2D eigenvalue weighted by Gasteiger charge is -2.17. The summed E-state index contributed by atoms with van der Waals surface area (Å²) in [5, 5.41) is 0. The van der Waals surface area contributed by atoms with E-state index < -0.39 is 0 Å². The van der Waals surface area contributed by atoms with Gasteiger partial charge in [0.25, 0.3) is 0 Å². The number of nitrogens with zero attached hydrogens (tertiary/aromatic N) is 2. The molecular weight excluding hydrogens is 244 g/mol. The zero-order valence-corrected chi connectivity index (χ0v) is 10.4. The summed E-state index contributed by atoms with van der Waals surface area (Å²) < 4.78 is 5.69. The summed E-state index contributed by atoms with van der Waals surface area (Å²) in [6, 6.07) is 8.56. The molecule has 0 aliphatic heterocycles. The molecule has 0 aliphatic rings. The molecule has 98 valence electrons. The minimum atomic E-state index is 0.225. The predicted molar refractivity (Wildman–Crippen MR) is 74.0 cm³/mol. The van der Waals surface area contributed by atoms with Crippen LogP contribution in [0.2, 0.25) is 0 Å². The molecule has 0 fully saturated rings. The van der Waals surface area contributed by atoms with Gasteiger partial charge in [0, 0.05) is 25.0 Å². The minimum Gasteiger partial charge on any atom is -0.455 e. The number of hydrogen-bond donors (Lipinski definition) is 2. The third kappa shape index (κ3) is 2.74. The van der Waals surface area contributed by atoms with Crippen molar-refractivity contribution in [2.75, 3.05) is 23.4 Å². The summed E-state index contributed by atoms with van der Waals surface area (Å²) in [5.41, 5.74) is 12.4. The average Bonchev–Trinajstić information content (AvgIpc) is 2.41. The monoisotopic (exact) mass is 258 g/mol. The molecule has 2 aromatic rings. The van der Waals surface area contributed by atoms with E-state index in [-0.39, 0.29) is 5.82 Å². The van der Waals surface area contributed by atoms with Gasteiger partial charge in [-0.05, 0) is 24.3 Å². The van der Waals surface area contributed by atoms with Gasteiger partial charge in [-0.25, -0.2) is 4.98 Å². The number of anilines is 3. The maximum atomic E-state index is 10.9. The van der Waals surface area contributed by atoms with Gasteiger partial charge in [-0.2, -0.15) is 0 Å². The largest absolute Gasteiger partial charge is 0.455 e. The third-order valence-electron chi connectivity index (χ3n) is 2.53. The SMILES string of the molecule is CN(C=O)c1c(Oc2ccc(N)cc2)ccnc1N. The molecular formula is C13H14N4O2. The van der Waals surface area contributed by atoms with Crippen LogP contribution in [-0.4, -0.2) is 18.4 Å². The van der Waals surface area contributed by atoms with Crippen molar-refractivity contribution in [2.24, 2.45) is 0 Å². The van der Waals surface area contributed by atoms with Gasteiger partial charge in [0.15, 0.2) is 11.6 Å². The van der Waals surface area contributed by atoms with E-state index in [0.29, 0.717) is 29.3 Å². The van der Waals surface area contributed by atoms with Gasteiger partial charge in [-0.15, -0.1) is 0 Å². The van der Waals surface area contributed by atoms with Crippen molar-refractivity contribution >= 4 is 23.6 Å². The lowest BCUT2D eigenvalue weighted by atomic mass is 10.3. The van der Waals surface area contributed by atoms with E-state index >= 15 is 0 Å². The number of nitrogens with two attached hydrogens (primary N) is 2. The molecule has 0 saturated heterocycles. The molecule has 4 N–H and O–H groups in total. The van der Waals surface area contributed by atoms with E-state index in [1.165, 1.54) is 11.1 Å². The normalized spacial score (nSPS) is 9.95. The number of benzene rings is 1. The molecule has 0 aliphatic carbocycles. The lowest BCUT2D eigenvalue weighted by molar-refractivity contribution is -0.107. The van der Waals surface area contributed by atoms with Crippen molar-refractivity contribution in [3.05, 3.63) is 36.5 Å². The van der Waals surface area contributed by atoms with Crippen LogP contribution in [0, 0.1) is 0 Å². The molecule has 2 rings (SSSR count). The first-order valence-corrected chi connectivity index (χ1v) is 5.58. The molecule has 0 unspecified atom stereocenters. The van der Waals surface area contributed by atoms with Crippen molar-refractivity contribution < 1.29 is 9.53 Å². The van der Waals surface area contributed by atoms with Crippen LogP contribution in [0.1, 0.15) is 0 Å². The molecule has 1 aromatic heterocycles. The van der Waals surface area contributed by atoms with Crippen molar-refractivity contribution in [1.82, 2.24) is 4.98 Å². The van der Waals surface area contributed by atoms with Crippen LogP contribution in [0.3, 0.4) is 0 Å². The quantitative estimate of drug-likeness (QED) is 0.642. The number of ether oxygens (including phenoxy) is 1. The van der Waals surface area contributed by atoms with Crippen molar-refractivity contribution in [2.45, 2.75) is 0 Å². The van der Waals surface area contributed by atoms with E-state index in [4.69, 9.17) is 16.2 Å². The van der Waals surface area contributed by atoms with Crippen LogP contribution in [0.25, 0.3) is 0 Å². The van der Waals surface area contributed by atoms with Crippen molar-refractivity contribution in [3.63, 3.8) is 0 Å². The minimum absolute atomic E-state index is 0.225. The number of aromatic nitrogens is 1. The number of amides is 1. The fourth-order valence-electron chi connectivity index (χ4n) is 1.60. The zero-order chi connectivity index (χ0) is 13.8. The number of carbonyl (C=O) groups is 1. The van der Waals surface area contributed by atoms with Crippen LogP contribution < -0.4 is 21.1 Å². The fourth-order valence-corrected chi connectivity index (χ4v) is 1.60. The van der Waals surface area contributed by atoms with E-state index in [9.17, 15) is 4.79 Å². The Morgan fingerprint density at radius 2 is 1.89 bits per heavy atom. The summed E-state index contributed by atoms with van der Waals surface area (Å²) in [7, 11) is 1.58. The molecule has 1 amide bonds. The van der Waals surface area contributed by atoms with Crippen molar-refractivity contribution in [3.8, 4) is 11.5 Å². The predicted octanol–water partition coefficient (Wildman–Crippen LogP) is 1.63. The van der Waals surface area contributed by atoms with Crippen LogP contribution in [0.4, 0.5) is 17.2 Å². The van der Waals surface area contributed by atoms with Gasteiger partial charge in [0.1, 0.15) is 11.4 Å². The van der Waals surface area contributed by atoms with Gasteiger partial charge in [-0.1, -0.05) is 0 Å². The maximum absolute atomic E-state index is 10.9. The van der Waals surface area contributed by atoms with E-state index in [1.807, 2.05) is 0 Å². The highest BCUT2D eigenvalue weighted by Gasteiger charge is 2.13. The number of carbonyl (C=O) groups excluding carboxylic acids is 1. The van der Waals surface area contributed by atoms with Crippen LogP contribution >= 0.6 is 0 Å². The maximum Gasteiger partial charge on any atom is 0.214 e. The Kier molecular flexibility index (Phi) is 3.51. The Bertz CT molecular complexity index is 584. The first-order chi connectivity index (χ1) is 9.11. The smallest absolute Gasteiger partial charge is 0.214 e. The molecule has 0 spiro atoms. The Hall–Kier alpha value is -2.76. The second kappa shape index (κ2) is 5.26. The Balaban J connectivity index is 2.37. The number of nitrogen functional groups attached to an aromatic ring is 2. The molecule has 0 bridgehead atoms. The Morgan fingerprint density at radius 3 is 2.53 bits per heavy atom. The first-order valence-electron chi connectivity index (χ1n) is 5.58. The first kappa shape index (κ1) is 12.7. The van der Waals surface area contributed by atoms with Crippen molar-refractivity contribution in [1.29, 1.82) is 0 Å². The second-order valence-electron chi connectivity index (χ2n) is 3.93. The van der Waals surface area contributed by atoms with E-state index in [0.717, 1.165) is 0 Å². The number of rotatable bonds is 4. The van der Waals surface area contributed by atoms with E-state index in [2.05, 4.69) is 4.98 Å². The Labute approximate surface area is 110 Å². The highest BCUT2D eigenvalue weighted by atomic mass is 16.5. The second-order valence-corrected chi connectivity index (χ2v) is 3.93. The third-order valence-corrected chi connectivity index (χ3v) is 2.53. The summed E-state index contributed by atoms with van der Waals surface area (Å²) in [5.74, 6) is 1.27. The topological polar surface area (TPSA) is 94.5 Å². The number of pyridine rings is 1. The van der Waals surface area contributed by atoms with Gasteiger partial charge in [0.05, 0.1) is 0 Å². The standard InChI is InChI=1S/C13H14N4O2/c1-17(8-18)12-11(6-7-16-13(12)15)19-10-4-2-9(14)3-5-10/h2-8H,14H2,1H3,(H2,15,16). The molecule has 19 heavy (non-hydrogen) atoms. The summed E-state index contributed by atoms with van der Waals surface area (Å²) in [6.45, 7) is 0. The molecule has 1 heterocycles. The molecule has 6 nitrogen and oxygen atoms in total. The average molecular weight is 258 g/mol. The van der Waals surface area contributed by atoms with Crippen LogP contribution in [0.15, 0.2) is 36.5 Å². The lowest BCUT2D eigenvalue weighted by Crippen LogP contribution is -2.17. The summed E-state index contributed by atoms with van der Waals surface area (Å²) in [6.07, 6.45) is 2.16. The van der Waals surface area contributed by atoms with Gasteiger partial charge >= 0.3 is 0 Å². The van der Waals surface area contributed by atoms with Gasteiger partial charge in [-0.3, -0.25) is 4.79 Å². The molecule has 1 aromatic carbocycles. The Morgan fingerprint density at radius 1 is 1.21 bits per heavy atom. The molecule has 0 saturated carbocycles. The highest BCUT2D eigenvalue weighted by molar-refractivity contribution is 5.84. The fraction of sp³-hybridized carbons (Fsp3) is 0.0769. The van der Waals surface area contributed by atoms with Crippen LogP contribution in [0.5, 0.6) is 11.5 Å². The number of hydrogen-bond acceptors (Lipinski definition) is 5. The molecule has 0 atom stereocenters. The zero-order valence-electron chi connectivity index (χ0n) is 10.4. The molecule has 0 radical (unpaired) electrons. The molecule has 6 heteroatoms. The van der Waals surface area contributed by atoms with E-state index in [1.54, 1.807) is 37.4 Å². The highest BCUT2D eigenvalue weighted by Crippen LogP contribution is 2.34.